The number of hydrogen-bond acceptors (Lipinski definition) is 6. The molecule has 1 aliphatic heterocycles. The summed E-state index contributed by atoms with van der Waals surface area (Å²) in [5.74, 6) is -0.295. The van der Waals surface area contributed by atoms with Gasteiger partial charge in [-0.1, -0.05) is 11.6 Å². The first kappa shape index (κ1) is 21.2. The number of aromatic amines is 1. The SMILES string of the molecule is CNc1cc(Cl)ccc1C(=N)c1cnc2[nH]cc(C(=O)NC(C)CN3CC(F)C3)c2n1. The Morgan fingerprint density at radius 2 is 2.19 bits per heavy atom. The average Bonchev–Trinajstić information content (AvgIpc) is 3.15. The summed E-state index contributed by atoms with van der Waals surface area (Å²) in [5.41, 5.74) is 3.01. The molecule has 8 nitrogen and oxygen atoms in total. The zero-order chi connectivity index (χ0) is 22.1. The van der Waals surface area contributed by atoms with Gasteiger partial charge in [-0.3, -0.25) is 15.1 Å². The minimum atomic E-state index is -0.774. The fourth-order valence-electron chi connectivity index (χ4n) is 3.65. The smallest absolute Gasteiger partial charge is 0.255 e. The number of likely N-dealkylation sites (tertiary alicyclic amines) is 1. The van der Waals surface area contributed by atoms with Gasteiger partial charge in [-0.2, -0.15) is 0 Å². The van der Waals surface area contributed by atoms with Gasteiger partial charge in [0, 0.05) is 55.2 Å². The molecule has 1 unspecified atom stereocenters. The maximum absolute atomic E-state index is 13.0. The van der Waals surface area contributed by atoms with E-state index in [9.17, 15) is 9.18 Å². The molecular weight excluding hydrogens is 421 g/mol. The Morgan fingerprint density at radius 1 is 1.42 bits per heavy atom. The van der Waals surface area contributed by atoms with Crippen molar-refractivity contribution in [3.63, 3.8) is 0 Å². The highest BCUT2D eigenvalue weighted by Gasteiger charge is 2.28. The molecule has 1 atom stereocenters. The van der Waals surface area contributed by atoms with Gasteiger partial charge in [0.2, 0.25) is 0 Å². The van der Waals surface area contributed by atoms with Crippen LogP contribution in [-0.4, -0.2) is 70.4 Å². The second-order valence-corrected chi connectivity index (χ2v) is 8.10. The number of benzene rings is 1. The Balaban J connectivity index is 1.56. The van der Waals surface area contributed by atoms with Gasteiger partial charge in [-0.05, 0) is 25.1 Å². The third kappa shape index (κ3) is 4.38. The number of anilines is 1. The Hall–Kier alpha value is -3.04. The summed E-state index contributed by atoms with van der Waals surface area (Å²) in [6, 6.07) is 5.04. The minimum Gasteiger partial charge on any atom is -0.388 e. The number of aromatic nitrogens is 3. The number of alkyl halides is 1. The number of rotatable bonds is 7. The molecule has 31 heavy (non-hydrogen) atoms. The van der Waals surface area contributed by atoms with Gasteiger partial charge in [0.05, 0.1) is 17.5 Å². The van der Waals surface area contributed by atoms with Gasteiger partial charge in [0.1, 0.15) is 17.4 Å². The molecule has 0 spiro atoms. The molecule has 0 aliphatic carbocycles. The van der Waals surface area contributed by atoms with Gasteiger partial charge in [0.25, 0.3) is 5.91 Å². The molecule has 162 valence electrons. The van der Waals surface area contributed by atoms with E-state index in [0.717, 1.165) is 0 Å². The van der Waals surface area contributed by atoms with Crippen LogP contribution in [0.15, 0.2) is 30.6 Å². The molecular formula is C21H23ClFN7O. The van der Waals surface area contributed by atoms with E-state index in [1.54, 1.807) is 31.4 Å². The van der Waals surface area contributed by atoms with E-state index in [1.807, 2.05) is 11.8 Å². The molecule has 1 fully saturated rings. The standard InChI is InChI=1S/C21H23ClFN7O/c1-11(8-30-9-13(23)10-30)28-21(31)15-6-26-20-19(15)29-17(7-27-20)18(24)14-4-3-12(22)5-16(14)25-2/h3-7,11,13,24-25H,8-10H2,1-2H3,(H,26,27)(H,28,31). The van der Waals surface area contributed by atoms with Gasteiger partial charge in [0.15, 0.2) is 5.65 Å². The van der Waals surface area contributed by atoms with Crippen molar-refractivity contribution >= 4 is 40.1 Å². The quantitative estimate of drug-likeness (QED) is 0.420. The molecule has 1 aromatic carbocycles. The second kappa shape index (κ2) is 8.60. The number of amides is 1. The molecule has 3 heterocycles. The van der Waals surface area contributed by atoms with Crippen molar-refractivity contribution in [1.82, 2.24) is 25.2 Å². The van der Waals surface area contributed by atoms with Crippen molar-refractivity contribution in [3.8, 4) is 0 Å². The maximum Gasteiger partial charge on any atom is 0.255 e. The molecule has 3 aromatic rings. The normalized spacial score (nSPS) is 15.5. The Bertz CT molecular complexity index is 1140. The lowest BCUT2D eigenvalue weighted by atomic mass is 10.1. The number of H-pyrrole nitrogens is 1. The number of nitrogens with zero attached hydrogens (tertiary/aromatic N) is 3. The molecule has 1 aliphatic rings. The summed E-state index contributed by atoms with van der Waals surface area (Å²) in [6.45, 7) is 3.28. The van der Waals surface area contributed by atoms with Crippen LogP contribution in [0.4, 0.5) is 10.1 Å². The summed E-state index contributed by atoms with van der Waals surface area (Å²) in [6.07, 6.45) is 2.28. The van der Waals surface area contributed by atoms with Gasteiger partial charge >= 0.3 is 0 Å². The number of fused-ring (bicyclic) bond motifs is 1. The van der Waals surface area contributed by atoms with E-state index in [2.05, 4.69) is 25.6 Å². The highest BCUT2D eigenvalue weighted by Crippen LogP contribution is 2.24. The van der Waals surface area contributed by atoms with E-state index >= 15 is 0 Å². The zero-order valence-corrected chi connectivity index (χ0v) is 17.9. The monoisotopic (exact) mass is 443 g/mol. The van der Waals surface area contributed by atoms with Gasteiger partial charge in [-0.25, -0.2) is 14.4 Å². The molecule has 1 saturated heterocycles. The van der Waals surface area contributed by atoms with Crippen LogP contribution < -0.4 is 10.6 Å². The van der Waals surface area contributed by atoms with E-state index < -0.39 is 6.17 Å². The third-order valence-electron chi connectivity index (χ3n) is 5.22. The lowest BCUT2D eigenvalue weighted by Crippen LogP contribution is -2.53. The van der Waals surface area contributed by atoms with Crippen molar-refractivity contribution in [2.75, 3.05) is 32.0 Å². The van der Waals surface area contributed by atoms with Crippen LogP contribution in [0.2, 0.25) is 5.02 Å². The first-order chi connectivity index (χ1) is 14.9. The van der Waals surface area contributed by atoms with Crippen LogP contribution in [-0.2, 0) is 0 Å². The van der Waals surface area contributed by atoms with Gasteiger partial charge < -0.3 is 15.6 Å². The van der Waals surface area contributed by atoms with E-state index in [0.29, 0.717) is 58.3 Å². The highest BCUT2D eigenvalue weighted by molar-refractivity contribution is 6.31. The molecule has 2 aromatic heterocycles. The van der Waals surface area contributed by atoms with E-state index in [-0.39, 0.29) is 17.7 Å². The first-order valence-corrected chi connectivity index (χ1v) is 10.3. The summed E-state index contributed by atoms with van der Waals surface area (Å²) in [5, 5.41) is 15.1. The predicted octanol–water partition coefficient (Wildman–Crippen LogP) is 2.84. The van der Waals surface area contributed by atoms with Crippen LogP contribution in [0, 0.1) is 5.41 Å². The van der Waals surface area contributed by atoms with Crippen LogP contribution >= 0.6 is 11.6 Å². The summed E-state index contributed by atoms with van der Waals surface area (Å²) >= 11 is 6.05. The molecule has 0 radical (unpaired) electrons. The van der Waals surface area contributed by atoms with E-state index in [1.165, 1.54) is 6.20 Å². The van der Waals surface area contributed by atoms with Crippen molar-refractivity contribution in [2.45, 2.75) is 19.1 Å². The fraction of sp³-hybridized carbons (Fsp3) is 0.333. The zero-order valence-electron chi connectivity index (χ0n) is 17.2. The number of carbonyl (C=O) groups excluding carboxylic acids is 1. The van der Waals surface area contributed by atoms with Crippen LogP contribution in [0.1, 0.15) is 28.5 Å². The molecule has 10 heteroatoms. The number of halogens is 2. The summed E-state index contributed by atoms with van der Waals surface area (Å²) in [4.78, 5) is 26.6. The van der Waals surface area contributed by atoms with E-state index in [4.69, 9.17) is 17.0 Å². The molecule has 4 rings (SSSR count). The number of hydrogen-bond donors (Lipinski definition) is 4. The highest BCUT2D eigenvalue weighted by atomic mass is 35.5. The van der Waals surface area contributed by atoms with Crippen LogP contribution in [0.25, 0.3) is 11.2 Å². The average molecular weight is 444 g/mol. The predicted molar refractivity (Wildman–Crippen MR) is 119 cm³/mol. The van der Waals surface area contributed by atoms with Crippen LogP contribution in [0.3, 0.4) is 0 Å². The number of carbonyl (C=O) groups is 1. The molecule has 0 bridgehead atoms. The lowest BCUT2D eigenvalue weighted by Gasteiger charge is -2.36. The largest absolute Gasteiger partial charge is 0.388 e. The second-order valence-electron chi connectivity index (χ2n) is 7.66. The number of nitrogens with one attached hydrogen (secondary N) is 4. The fourth-order valence-corrected chi connectivity index (χ4v) is 3.83. The van der Waals surface area contributed by atoms with Crippen molar-refractivity contribution in [3.05, 3.63) is 52.4 Å². The Labute approximate surface area is 183 Å². The van der Waals surface area contributed by atoms with Crippen LogP contribution in [0.5, 0.6) is 0 Å². The Kier molecular flexibility index (Phi) is 5.88. The van der Waals surface area contributed by atoms with Crippen molar-refractivity contribution in [2.24, 2.45) is 0 Å². The minimum absolute atomic E-state index is 0.147. The van der Waals surface area contributed by atoms with Crippen molar-refractivity contribution in [1.29, 1.82) is 5.41 Å². The summed E-state index contributed by atoms with van der Waals surface area (Å²) in [7, 11) is 1.75. The molecule has 1 amide bonds. The summed E-state index contributed by atoms with van der Waals surface area (Å²) < 4.78 is 13.0. The third-order valence-corrected chi connectivity index (χ3v) is 5.46. The van der Waals surface area contributed by atoms with Crippen molar-refractivity contribution < 1.29 is 9.18 Å². The maximum atomic E-state index is 13.0. The lowest BCUT2D eigenvalue weighted by molar-refractivity contribution is 0.0571. The topological polar surface area (TPSA) is 110 Å². The Morgan fingerprint density at radius 3 is 2.90 bits per heavy atom. The molecule has 4 N–H and O–H groups in total. The molecule has 0 saturated carbocycles. The first-order valence-electron chi connectivity index (χ1n) is 9.93. The van der Waals surface area contributed by atoms with Gasteiger partial charge in [-0.15, -0.1) is 0 Å².